The van der Waals surface area contributed by atoms with Gasteiger partial charge in [0.1, 0.15) is 5.56 Å². The lowest BCUT2D eigenvalue weighted by atomic mass is 10.1. The van der Waals surface area contributed by atoms with Crippen molar-refractivity contribution in [2.24, 2.45) is 0 Å². The van der Waals surface area contributed by atoms with Crippen LogP contribution in [0.1, 0.15) is 27.2 Å². The predicted molar refractivity (Wildman–Crippen MR) is 111 cm³/mol. The van der Waals surface area contributed by atoms with E-state index in [9.17, 15) is 9.59 Å². The molecule has 0 bridgehead atoms. The van der Waals surface area contributed by atoms with Gasteiger partial charge in [-0.1, -0.05) is 60.7 Å². The topological polar surface area (TPSA) is 54.7 Å². The zero-order valence-corrected chi connectivity index (χ0v) is 16.2. The number of fused-ring (bicyclic) bond motifs is 1. The third kappa shape index (κ3) is 3.59. The van der Waals surface area contributed by atoms with Crippen LogP contribution in [-0.2, 0) is 13.1 Å². The second kappa shape index (κ2) is 7.78. The highest BCUT2D eigenvalue weighted by Gasteiger charge is 2.22. The molecule has 5 nitrogen and oxygen atoms in total. The highest BCUT2D eigenvalue weighted by molar-refractivity contribution is 7.15. The van der Waals surface area contributed by atoms with Crippen LogP contribution in [0.4, 0.5) is 0 Å². The van der Waals surface area contributed by atoms with Crippen LogP contribution in [0.5, 0.6) is 0 Å². The fourth-order valence-corrected chi connectivity index (χ4v) is 3.98. The molecule has 0 saturated carbocycles. The number of benzene rings is 2. The minimum Gasteiger partial charge on any atom is -0.330 e. The number of nitrogens with zero attached hydrogens (tertiary/aromatic N) is 3. The summed E-state index contributed by atoms with van der Waals surface area (Å²) in [5.74, 6) is -0.315. The summed E-state index contributed by atoms with van der Waals surface area (Å²) in [6.07, 6.45) is 1.40. The molecule has 6 heteroatoms. The number of carbonyl (C=O) groups is 1. The van der Waals surface area contributed by atoms with Crippen molar-refractivity contribution in [3.63, 3.8) is 0 Å². The molecular weight excluding hydrogens is 370 g/mol. The quantitative estimate of drug-likeness (QED) is 0.520. The van der Waals surface area contributed by atoms with E-state index in [-0.39, 0.29) is 17.0 Å². The number of hydrogen-bond acceptors (Lipinski definition) is 4. The van der Waals surface area contributed by atoms with Crippen LogP contribution in [0.25, 0.3) is 4.96 Å². The van der Waals surface area contributed by atoms with Gasteiger partial charge in [-0.05, 0) is 18.1 Å². The van der Waals surface area contributed by atoms with E-state index in [2.05, 4.69) is 4.98 Å². The molecule has 2 aromatic heterocycles. The highest BCUT2D eigenvalue weighted by Crippen LogP contribution is 2.15. The van der Waals surface area contributed by atoms with Crippen LogP contribution in [0.15, 0.2) is 77.0 Å². The fourth-order valence-electron chi connectivity index (χ4n) is 3.15. The molecule has 4 rings (SSSR count). The summed E-state index contributed by atoms with van der Waals surface area (Å²) in [6.45, 7) is 2.67. The van der Waals surface area contributed by atoms with Gasteiger partial charge < -0.3 is 4.90 Å². The fraction of sp³-hybridized carbons (Fsp3) is 0.136. The maximum absolute atomic E-state index is 13.3. The van der Waals surface area contributed by atoms with Gasteiger partial charge in [0, 0.05) is 30.4 Å². The van der Waals surface area contributed by atoms with Crippen molar-refractivity contribution in [1.29, 1.82) is 0 Å². The first-order valence-corrected chi connectivity index (χ1v) is 9.84. The third-order valence-electron chi connectivity index (χ3n) is 4.57. The Labute approximate surface area is 166 Å². The second-order valence-corrected chi connectivity index (χ2v) is 7.44. The first-order valence-electron chi connectivity index (χ1n) is 8.96. The maximum atomic E-state index is 13.3. The van der Waals surface area contributed by atoms with Crippen molar-refractivity contribution in [3.05, 3.63) is 105 Å². The van der Waals surface area contributed by atoms with E-state index in [0.29, 0.717) is 18.1 Å². The highest BCUT2D eigenvalue weighted by atomic mass is 32.1. The first kappa shape index (κ1) is 18.1. The molecule has 0 N–H and O–H groups in total. The number of hydrogen-bond donors (Lipinski definition) is 0. The lowest BCUT2D eigenvalue weighted by Gasteiger charge is -2.23. The Bertz CT molecular complexity index is 1130. The lowest BCUT2D eigenvalue weighted by Crippen LogP contribution is -2.35. The van der Waals surface area contributed by atoms with Gasteiger partial charge >= 0.3 is 0 Å². The maximum Gasteiger partial charge on any atom is 0.271 e. The number of amides is 1. The van der Waals surface area contributed by atoms with E-state index in [1.807, 2.05) is 73.0 Å². The zero-order valence-electron chi connectivity index (χ0n) is 15.4. The minimum atomic E-state index is -0.320. The third-order valence-corrected chi connectivity index (χ3v) is 5.52. The van der Waals surface area contributed by atoms with Gasteiger partial charge in [0.2, 0.25) is 0 Å². The average Bonchev–Trinajstić information content (AvgIpc) is 3.10. The Kier molecular flexibility index (Phi) is 5.04. The average molecular weight is 389 g/mol. The van der Waals surface area contributed by atoms with Gasteiger partial charge in [-0.15, -0.1) is 11.3 Å². The number of rotatable bonds is 5. The molecule has 140 valence electrons. The van der Waals surface area contributed by atoms with Crippen LogP contribution in [0.2, 0.25) is 0 Å². The molecule has 2 aromatic carbocycles. The molecule has 0 atom stereocenters. The van der Waals surface area contributed by atoms with Gasteiger partial charge in [0.25, 0.3) is 11.5 Å². The summed E-state index contributed by atoms with van der Waals surface area (Å²) >= 11 is 1.39. The summed E-state index contributed by atoms with van der Waals surface area (Å²) in [5.41, 5.74) is 2.57. The van der Waals surface area contributed by atoms with E-state index in [1.54, 1.807) is 4.90 Å². The van der Waals surface area contributed by atoms with Gasteiger partial charge in [-0.2, -0.15) is 0 Å². The van der Waals surface area contributed by atoms with E-state index in [4.69, 9.17) is 0 Å². The monoisotopic (exact) mass is 389 g/mol. The summed E-state index contributed by atoms with van der Waals surface area (Å²) in [7, 11) is 0. The number of thiazole rings is 1. The second-order valence-electron chi connectivity index (χ2n) is 6.60. The standard InChI is InChI=1S/C22H19N3O2S/c1-16-15-28-22-23-12-19(21(27)25(16)22)20(26)24(13-17-8-4-2-5-9-17)14-18-10-6-3-7-11-18/h2-12,15H,13-14H2,1H3. The molecule has 1 amide bonds. The molecule has 0 unspecified atom stereocenters. The largest absolute Gasteiger partial charge is 0.330 e. The van der Waals surface area contributed by atoms with E-state index in [0.717, 1.165) is 16.8 Å². The molecule has 4 aromatic rings. The molecule has 0 radical (unpaired) electrons. The van der Waals surface area contributed by atoms with Crippen LogP contribution < -0.4 is 5.56 Å². The molecule has 0 aliphatic heterocycles. The molecule has 2 heterocycles. The van der Waals surface area contributed by atoms with Crippen LogP contribution in [0, 0.1) is 6.92 Å². The van der Waals surface area contributed by atoms with Gasteiger partial charge in [-0.3, -0.25) is 14.0 Å². The van der Waals surface area contributed by atoms with Gasteiger partial charge in [0.05, 0.1) is 0 Å². The Morgan fingerprint density at radius 3 is 2.14 bits per heavy atom. The number of aromatic nitrogens is 2. The summed E-state index contributed by atoms with van der Waals surface area (Å²) in [6, 6.07) is 19.5. The summed E-state index contributed by atoms with van der Waals surface area (Å²) in [5, 5.41) is 1.86. The molecule has 0 aliphatic rings. The Balaban J connectivity index is 1.73. The molecule has 0 spiro atoms. The number of carbonyl (C=O) groups excluding carboxylic acids is 1. The SMILES string of the molecule is Cc1csc2ncc(C(=O)N(Cc3ccccc3)Cc3ccccc3)c(=O)n12. The van der Waals surface area contributed by atoms with Crippen molar-refractivity contribution in [3.8, 4) is 0 Å². The van der Waals surface area contributed by atoms with Gasteiger partial charge in [0.15, 0.2) is 4.96 Å². The van der Waals surface area contributed by atoms with Crippen molar-refractivity contribution in [2.45, 2.75) is 20.0 Å². The first-order chi connectivity index (χ1) is 13.6. The van der Waals surface area contributed by atoms with Crippen molar-refractivity contribution in [1.82, 2.24) is 14.3 Å². The van der Waals surface area contributed by atoms with E-state index < -0.39 is 0 Å². The van der Waals surface area contributed by atoms with Crippen molar-refractivity contribution < 1.29 is 4.79 Å². The van der Waals surface area contributed by atoms with Crippen LogP contribution in [0.3, 0.4) is 0 Å². The van der Waals surface area contributed by atoms with Crippen molar-refractivity contribution >= 4 is 22.2 Å². The molecule has 0 saturated heterocycles. The Hall–Kier alpha value is -3.25. The van der Waals surface area contributed by atoms with Gasteiger partial charge in [-0.25, -0.2) is 4.98 Å². The van der Waals surface area contributed by atoms with E-state index in [1.165, 1.54) is 21.9 Å². The molecule has 0 aliphatic carbocycles. The van der Waals surface area contributed by atoms with Crippen LogP contribution in [-0.4, -0.2) is 20.2 Å². The predicted octanol–water partition coefficient (Wildman–Crippen LogP) is 3.91. The normalized spacial score (nSPS) is 10.9. The summed E-state index contributed by atoms with van der Waals surface area (Å²) in [4.78, 5) is 32.9. The Morgan fingerprint density at radius 1 is 1.00 bits per heavy atom. The van der Waals surface area contributed by atoms with E-state index >= 15 is 0 Å². The number of aryl methyl sites for hydroxylation is 1. The minimum absolute atomic E-state index is 0.0888. The zero-order chi connectivity index (χ0) is 19.5. The van der Waals surface area contributed by atoms with Crippen molar-refractivity contribution in [2.75, 3.05) is 0 Å². The molecule has 28 heavy (non-hydrogen) atoms. The van der Waals surface area contributed by atoms with Crippen LogP contribution >= 0.6 is 11.3 Å². The summed E-state index contributed by atoms with van der Waals surface area (Å²) < 4.78 is 1.50. The molecular formula is C22H19N3O2S. The molecule has 0 fully saturated rings. The lowest BCUT2D eigenvalue weighted by molar-refractivity contribution is 0.0727. The smallest absolute Gasteiger partial charge is 0.271 e. The Morgan fingerprint density at radius 2 is 1.57 bits per heavy atom.